The third kappa shape index (κ3) is 3.60. The van der Waals surface area contributed by atoms with Gasteiger partial charge >= 0.3 is 0 Å². The van der Waals surface area contributed by atoms with E-state index in [1.54, 1.807) is 25.3 Å². The Morgan fingerprint density at radius 3 is 2.72 bits per heavy atom. The van der Waals surface area contributed by atoms with E-state index in [1.807, 2.05) is 25.1 Å². The number of nitrogens with zero attached hydrogens (tertiary/aromatic N) is 2. The Kier molecular flexibility index (Phi) is 4.65. The van der Waals surface area contributed by atoms with Crippen molar-refractivity contribution < 1.29 is 14.3 Å². The maximum atomic E-state index is 11.4. The molecule has 1 amide bonds. The molecule has 0 radical (unpaired) electrons. The van der Waals surface area contributed by atoms with Crippen molar-refractivity contribution in [3.63, 3.8) is 0 Å². The monoisotopic (exact) mass is 338 g/mol. The standard InChI is InChI=1S/C18H18N4O3/c1-11-4-3-5-12(8-11)10-25-14-7-6-13(9-15(14)24-2)16-17(18(19)23)21-22-20-16/h3-9H,10H2,1-2H3,(H2,19,23)(H,20,21,22). The van der Waals surface area contributed by atoms with Crippen molar-refractivity contribution >= 4 is 5.91 Å². The topological polar surface area (TPSA) is 103 Å². The summed E-state index contributed by atoms with van der Waals surface area (Å²) in [4.78, 5) is 11.4. The van der Waals surface area contributed by atoms with Gasteiger partial charge in [-0.05, 0) is 30.7 Å². The number of aromatic amines is 1. The fourth-order valence-corrected chi connectivity index (χ4v) is 2.50. The molecule has 1 heterocycles. The van der Waals surface area contributed by atoms with E-state index >= 15 is 0 Å². The van der Waals surface area contributed by atoms with Crippen molar-refractivity contribution in [3.05, 3.63) is 59.3 Å². The number of amides is 1. The second kappa shape index (κ2) is 7.04. The first-order valence-electron chi connectivity index (χ1n) is 7.66. The number of hydrogen-bond donors (Lipinski definition) is 2. The lowest BCUT2D eigenvalue weighted by Gasteiger charge is -2.12. The summed E-state index contributed by atoms with van der Waals surface area (Å²) >= 11 is 0. The number of hydrogen-bond acceptors (Lipinski definition) is 5. The van der Waals surface area contributed by atoms with Crippen LogP contribution in [0.25, 0.3) is 11.3 Å². The summed E-state index contributed by atoms with van der Waals surface area (Å²) in [5, 5.41) is 10.2. The minimum absolute atomic E-state index is 0.0792. The highest BCUT2D eigenvalue weighted by Crippen LogP contribution is 2.33. The fraction of sp³-hybridized carbons (Fsp3) is 0.167. The number of aromatic nitrogens is 3. The van der Waals surface area contributed by atoms with Crippen molar-refractivity contribution in [1.29, 1.82) is 0 Å². The first kappa shape index (κ1) is 16.5. The quantitative estimate of drug-likeness (QED) is 0.718. The van der Waals surface area contributed by atoms with E-state index in [2.05, 4.69) is 21.5 Å². The Bertz CT molecular complexity index is 905. The number of carbonyl (C=O) groups is 1. The molecule has 0 saturated heterocycles. The molecule has 3 aromatic rings. The lowest BCUT2D eigenvalue weighted by Crippen LogP contribution is -2.12. The molecule has 7 nitrogen and oxygen atoms in total. The minimum atomic E-state index is -0.650. The molecule has 0 atom stereocenters. The minimum Gasteiger partial charge on any atom is -0.493 e. The largest absolute Gasteiger partial charge is 0.493 e. The van der Waals surface area contributed by atoms with Gasteiger partial charge in [-0.3, -0.25) is 4.79 Å². The molecule has 1 aromatic heterocycles. The van der Waals surface area contributed by atoms with E-state index < -0.39 is 5.91 Å². The maximum absolute atomic E-state index is 11.4. The summed E-state index contributed by atoms with van der Waals surface area (Å²) in [6.07, 6.45) is 0. The number of nitrogens with two attached hydrogens (primary N) is 1. The molecule has 3 N–H and O–H groups in total. The molecule has 0 aliphatic carbocycles. The second-order valence-corrected chi connectivity index (χ2v) is 5.53. The molecule has 0 bridgehead atoms. The van der Waals surface area contributed by atoms with E-state index in [0.717, 1.165) is 5.56 Å². The number of rotatable bonds is 6. The molecule has 25 heavy (non-hydrogen) atoms. The number of ether oxygens (including phenoxy) is 2. The van der Waals surface area contributed by atoms with Gasteiger partial charge in [-0.25, -0.2) is 0 Å². The number of H-pyrrole nitrogens is 1. The van der Waals surface area contributed by atoms with E-state index in [9.17, 15) is 4.79 Å². The smallest absolute Gasteiger partial charge is 0.271 e. The van der Waals surface area contributed by atoms with E-state index in [0.29, 0.717) is 29.4 Å². The van der Waals surface area contributed by atoms with Gasteiger partial charge in [-0.15, -0.1) is 0 Å². The van der Waals surface area contributed by atoms with Crippen LogP contribution in [0.4, 0.5) is 0 Å². The highest BCUT2D eigenvalue weighted by Gasteiger charge is 2.17. The van der Waals surface area contributed by atoms with Crippen molar-refractivity contribution in [1.82, 2.24) is 15.4 Å². The molecule has 0 fully saturated rings. The maximum Gasteiger partial charge on any atom is 0.271 e. The third-order valence-electron chi connectivity index (χ3n) is 3.70. The van der Waals surface area contributed by atoms with Gasteiger partial charge in [0.1, 0.15) is 12.3 Å². The Morgan fingerprint density at radius 2 is 2.00 bits per heavy atom. The summed E-state index contributed by atoms with van der Waals surface area (Å²) in [7, 11) is 1.55. The molecule has 0 aliphatic heterocycles. The number of primary amides is 1. The Morgan fingerprint density at radius 1 is 1.16 bits per heavy atom. The van der Waals surface area contributed by atoms with Crippen molar-refractivity contribution in [3.8, 4) is 22.8 Å². The first-order valence-corrected chi connectivity index (χ1v) is 7.66. The summed E-state index contributed by atoms with van der Waals surface area (Å²) < 4.78 is 11.3. The van der Waals surface area contributed by atoms with Crippen molar-refractivity contribution in [2.75, 3.05) is 7.11 Å². The van der Waals surface area contributed by atoms with Gasteiger partial charge in [-0.1, -0.05) is 29.8 Å². The van der Waals surface area contributed by atoms with Crippen LogP contribution in [0.5, 0.6) is 11.5 Å². The summed E-state index contributed by atoms with van der Waals surface area (Å²) in [6, 6.07) is 13.4. The molecule has 128 valence electrons. The molecule has 2 aromatic carbocycles. The molecule has 0 unspecified atom stereocenters. The summed E-state index contributed by atoms with van der Waals surface area (Å²) in [6.45, 7) is 2.46. The Hall–Kier alpha value is -3.35. The predicted octanol–water partition coefficient (Wildman–Crippen LogP) is 2.47. The van der Waals surface area contributed by atoms with Crippen LogP contribution in [-0.2, 0) is 6.61 Å². The second-order valence-electron chi connectivity index (χ2n) is 5.53. The molecule has 0 aliphatic rings. The predicted molar refractivity (Wildman–Crippen MR) is 92.4 cm³/mol. The number of aryl methyl sites for hydroxylation is 1. The van der Waals surface area contributed by atoms with Gasteiger partial charge in [0.2, 0.25) is 0 Å². The molecule has 0 saturated carbocycles. The molecular formula is C18H18N4O3. The Labute approximate surface area is 144 Å². The number of benzene rings is 2. The first-order chi connectivity index (χ1) is 12.1. The SMILES string of the molecule is COc1cc(-c2n[nH]nc2C(N)=O)ccc1OCc1cccc(C)c1. The van der Waals surface area contributed by atoms with Crippen LogP contribution in [-0.4, -0.2) is 28.4 Å². The molecule has 0 spiro atoms. The Balaban J connectivity index is 1.84. The van der Waals surface area contributed by atoms with Crippen LogP contribution >= 0.6 is 0 Å². The number of carbonyl (C=O) groups excluding carboxylic acids is 1. The molecule has 3 rings (SSSR count). The van der Waals surface area contributed by atoms with Gasteiger partial charge in [0.25, 0.3) is 5.91 Å². The van der Waals surface area contributed by atoms with Crippen molar-refractivity contribution in [2.45, 2.75) is 13.5 Å². The van der Waals surface area contributed by atoms with Gasteiger partial charge in [0.15, 0.2) is 17.2 Å². The van der Waals surface area contributed by atoms with Crippen LogP contribution in [0.2, 0.25) is 0 Å². The van der Waals surface area contributed by atoms with Crippen molar-refractivity contribution in [2.24, 2.45) is 5.73 Å². The number of methoxy groups -OCH3 is 1. The van der Waals surface area contributed by atoms with Crippen LogP contribution in [0.15, 0.2) is 42.5 Å². The zero-order chi connectivity index (χ0) is 17.8. The normalized spacial score (nSPS) is 10.5. The molecular weight excluding hydrogens is 320 g/mol. The van der Waals surface area contributed by atoms with Gasteiger partial charge in [0.05, 0.1) is 7.11 Å². The zero-order valence-corrected chi connectivity index (χ0v) is 13.9. The lowest BCUT2D eigenvalue weighted by molar-refractivity contribution is 0.0996. The van der Waals surface area contributed by atoms with Crippen LogP contribution in [0.3, 0.4) is 0 Å². The van der Waals surface area contributed by atoms with Crippen LogP contribution < -0.4 is 15.2 Å². The summed E-state index contributed by atoms with van der Waals surface area (Å²) in [5.41, 5.74) is 8.65. The van der Waals surface area contributed by atoms with E-state index in [-0.39, 0.29) is 5.69 Å². The van der Waals surface area contributed by atoms with Crippen LogP contribution in [0, 0.1) is 6.92 Å². The summed E-state index contributed by atoms with van der Waals surface area (Å²) in [5.74, 6) is 0.475. The molecule has 7 heteroatoms. The van der Waals surface area contributed by atoms with Gasteiger partial charge in [0, 0.05) is 5.56 Å². The third-order valence-corrected chi connectivity index (χ3v) is 3.70. The highest BCUT2D eigenvalue weighted by molar-refractivity contribution is 5.96. The number of nitrogens with one attached hydrogen (secondary N) is 1. The average Bonchev–Trinajstić information content (AvgIpc) is 3.10. The van der Waals surface area contributed by atoms with Gasteiger partial charge in [-0.2, -0.15) is 15.4 Å². The average molecular weight is 338 g/mol. The fourth-order valence-electron chi connectivity index (χ4n) is 2.50. The van der Waals surface area contributed by atoms with Crippen LogP contribution in [0.1, 0.15) is 21.6 Å². The van der Waals surface area contributed by atoms with Gasteiger partial charge < -0.3 is 15.2 Å². The van der Waals surface area contributed by atoms with E-state index in [4.69, 9.17) is 15.2 Å². The highest BCUT2D eigenvalue weighted by atomic mass is 16.5. The zero-order valence-electron chi connectivity index (χ0n) is 13.9. The lowest BCUT2D eigenvalue weighted by atomic mass is 10.1. The van der Waals surface area contributed by atoms with E-state index in [1.165, 1.54) is 5.56 Å².